The fourth-order valence-electron chi connectivity index (χ4n) is 2.26. The van der Waals surface area contributed by atoms with Crippen LogP contribution in [0.3, 0.4) is 0 Å². The zero-order valence-electron chi connectivity index (χ0n) is 10.3. The summed E-state index contributed by atoms with van der Waals surface area (Å²) >= 11 is 1.17. The van der Waals surface area contributed by atoms with E-state index in [-0.39, 0.29) is 11.6 Å². The molecule has 1 fully saturated rings. The second-order valence-electron chi connectivity index (χ2n) is 4.27. The first-order valence-electron chi connectivity index (χ1n) is 5.70. The number of nitrogens with zero attached hydrogens (tertiary/aromatic N) is 3. The van der Waals surface area contributed by atoms with Crippen molar-refractivity contribution in [2.24, 2.45) is 0 Å². The highest BCUT2D eigenvalue weighted by atomic mass is 32.2. The number of carbonyl (C=O) groups excluding carboxylic acids is 1. The predicted octanol–water partition coefficient (Wildman–Crippen LogP) is -0.218. The molecule has 3 heterocycles. The fraction of sp³-hybridized carbons (Fsp3) is 0.273. The van der Waals surface area contributed by atoms with Crippen LogP contribution in [0.5, 0.6) is 0 Å². The molecule has 0 aromatic carbocycles. The number of nitrogens with one attached hydrogen (secondary N) is 1. The highest BCUT2D eigenvalue weighted by molar-refractivity contribution is 8.04. The average molecular weight is 294 g/mol. The van der Waals surface area contributed by atoms with Gasteiger partial charge in [-0.25, -0.2) is 4.79 Å². The number of thioether (sulfide) groups is 1. The third-order valence-corrected chi connectivity index (χ3v) is 4.52. The molecule has 1 saturated heterocycles. The van der Waals surface area contributed by atoms with Crippen LogP contribution in [-0.4, -0.2) is 54.4 Å². The van der Waals surface area contributed by atoms with Gasteiger partial charge in [-0.2, -0.15) is 15.4 Å². The van der Waals surface area contributed by atoms with Crippen molar-refractivity contribution in [3.63, 3.8) is 0 Å². The topological polar surface area (TPSA) is 119 Å². The molecule has 104 valence electrons. The number of H-pyrrole nitrogens is 1. The van der Waals surface area contributed by atoms with Gasteiger partial charge in [-0.1, -0.05) is 11.8 Å². The largest absolute Gasteiger partial charge is 0.477 e. The Morgan fingerprint density at radius 1 is 1.60 bits per heavy atom. The number of carbonyl (C=O) groups is 2. The molecule has 1 aromatic rings. The van der Waals surface area contributed by atoms with Gasteiger partial charge in [0.1, 0.15) is 16.8 Å². The van der Waals surface area contributed by atoms with E-state index in [1.54, 1.807) is 6.92 Å². The third-order valence-electron chi connectivity index (χ3n) is 3.24. The first kappa shape index (κ1) is 12.9. The number of aromatic amines is 1. The summed E-state index contributed by atoms with van der Waals surface area (Å²) in [6, 6.07) is 0. The van der Waals surface area contributed by atoms with Crippen molar-refractivity contribution in [2.45, 2.75) is 12.3 Å². The second-order valence-corrected chi connectivity index (χ2v) is 5.45. The minimum atomic E-state index is -1.21. The Morgan fingerprint density at radius 3 is 2.90 bits per heavy atom. The number of carboxylic acid groups (broad SMARTS) is 1. The smallest absolute Gasteiger partial charge is 0.353 e. The maximum absolute atomic E-state index is 12.2. The molecule has 2 aliphatic rings. The number of amides is 1. The van der Waals surface area contributed by atoms with Crippen molar-refractivity contribution < 1.29 is 19.8 Å². The Balaban J connectivity index is 1.99. The number of aliphatic hydroxyl groups is 1. The first-order valence-corrected chi connectivity index (χ1v) is 6.58. The average Bonchev–Trinajstić information content (AvgIpc) is 3.03. The van der Waals surface area contributed by atoms with Crippen LogP contribution in [0.15, 0.2) is 22.4 Å². The number of hydrogen-bond donors (Lipinski definition) is 3. The van der Waals surface area contributed by atoms with Crippen LogP contribution in [0.1, 0.15) is 12.6 Å². The summed E-state index contributed by atoms with van der Waals surface area (Å²) in [7, 11) is 0. The highest BCUT2D eigenvalue weighted by Gasteiger charge is 2.53. The van der Waals surface area contributed by atoms with Gasteiger partial charge in [0.2, 0.25) is 0 Å². The predicted molar refractivity (Wildman–Crippen MR) is 68.9 cm³/mol. The molecule has 3 rings (SSSR count). The van der Waals surface area contributed by atoms with E-state index in [9.17, 15) is 14.7 Å². The summed E-state index contributed by atoms with van der Waals surface area (Å²) in [5.74, 6) is -1.58. The zero-order valence-corrected chi connectivity index (χ0v) is 11.1. The number of carboxylic acids is 1. The summed E-state index contributed by atoms with van der Waals surface area (Å²) in [5.41, 5.74) is 1.56. The maximum atomic E-state index is 12.2. The molecule has 20 heavy (non-hydrogen) atoms. The van der Waals surface area contributed by atoms with Crippen LogP contribution >= 0.6 is 11.8 Å². The van der Waals surface area contributed by atoms with Crippen molar-refractivity contribution in [2.75, 3.05) is 6.61 Å². The van der Waals surface area contributed by atoms with E-state index in [1.807, 2.05) is 0 Å². The van der Waals surface area contributed by atoms with Gasteiger partial charge in [0.25, 0.3) is 5.91 Å². The van der Waals surface area contributed by atoms with E-state index in [0.717, 1.165) is 0 Å². The molecule has 8 nitrogen and oxygen atoms in total. The number of aliphatic carboxylic acids is 1. The minimum absolute atomic E-state index is 0.135. The van der Waals surface area contributed by atoms with Gasteiger partial charge in [0.15, 0.2) is 0 Å². The van der Waals surface area contributed by atoms with E-state index in [1.165, 1.54) is 22.9 Å². The van der Waals surface area contributed by atoms with Gasteiger partial charge in [-0.3, -0.25) is 9.69 Å². The van der Waals surface area contributed by atoms with E-state index in [2.05, 4.69) is 15.4 Å². The first-order chi connectivity index (χ1) is 9.56. The summed E-state index contributed by atoms with van der Waals surface area (Å²) < 4.78 is 0. The Kier molecular flexibility index (Phi) is 2.87. The van der Waals surface area contributed by atoms with Crippen molar-refractivity contribution in [3.8, 4) is 0 Å². The number of aromatic nitrogens is 3. The van der Waals surface area contributed by atoms with Gasteiger partial charge in [-0.15, -0.1) is 0 Å². The molecule has 1 amide bonds. The van der Waals surface area contributed by atoms with Gasteiger partial charge in [0, 0.05) is 4.91 Å². The molecule has 2 aliphatic heterocycles. The molecule has 3 N–H and O–H groups in total. The molecular weight excluding hydrogens is 284 g/mol. The van der Waals surface area contributed by atoms with Crippen molar-refractivity contribution in [3.05, 3.63) is 28.1 Å². The molecule has 1 atom stereocenters. The zero-order chi connectivity index (χ0) is 14.4. The number of β-lactam (4-membered cyclic amide) rings is 1. The van der Waals surface area contributed by atoms with E-state index in [0.29, 0.717) is 21.7 Å². The van der Waals surface area contributed by atoms with Crippen LogP contribution < -0.4 is 0 Å². The van der Waals surface area contributed by atoms with E-state index < -0.39 is 18.0 Å². The van der Waals surface area contributed by atoms with Crippen molar-refractivity contribution >= 4 is 29.2 Å². The van der Waals surface area contributed by atoms with Gasteiger partial charge < -0.3 is 10.2 Å². The van der Waals surface area contributed by atoms with Crippen molar-refractivity contribution in [1.29, 1.82) is 0 Å². The summed E-state index contributed by atoms with van der Waals surface area (Å²) in [6.45, 7) is 1.34. The number of aliphatic hydroxyl groups excluding tert-OH is 1. The lowest BCUT2D eigenvalue weighted by molar-refractivity contribution is -0.141. The molecule has 0 bridgehead atoms. The number of allylic oxidation sites excluding steroid dienone is 1. The number of fused-ring (bicyclic) bond motifs is 1. The molecule has 0 radical (unpaired) electrons. The van der Waals surface area contributed by atoms with Crippen LogP contribution in [0.4, 0.5) is 0 Å². The van der Waals surface area contributed by atoms with Crippen LogP contribution in [0.2, 0.25) is 0 Å². The van der Waals surface area contributed by atoms with Crippen LogP contribution in [0.25, 0.3) is 5.57 Å². The Labute approximate surface area is 117 Å². The quantitative estimate of drug-likeness (QED) is 0.521. The summed E-state index contributed by atoms with van der Waals surface area (Å²) in [4.78, 5) is 24.8. The van der Waals surface area contributed by atoms with Crippen molar-refractivity contribution in [1.82, 2.24) is 20.3 Å². The standard InChI is InChI=1S/C11H10N4O4S/c1-4(5-2-12-14-13-5)7-9(17)15-8(11(18)19)6(3-16)20-10(7)15/h2,10,16H,3H2,1H3,(H,18,19)(H,12,13,14)/t10-/m1/s1. The highest BCUT2D eigenvalue weighted by Crippen LogP contribution is 2.50. The van der Waals surface area contributed by atoms with E-state index in [4.69, 9.17) is 5.11 Å². The lowest BCUT2D eigenvalue weighted by atomic mass is 9.97. The molecular formula is C11H10N4O4S. The molecule has 9 heteroatoms. The van der Waals surface area contributed by atoms with Gasteiger partial charge in [0.05, 0.1) is 18.4 Å². The lowest BCUT2D eigenvalue weighted by Crippen LogP contribution is -2.51. The SMILES string of the molecule is CC(=C1C(=O)N2C(C(=O)O)=C(CO)S[C@H]12)c1cn[nH]n1. The van der Waals surface area contributed by atoms with Gasteiger partial charge in [-0.05, 0) is 12.5 Å². The Morgan fingerprint density at radius 2 is 2.35 bits per heavy atom. The van der Waals surface area contributed by atoms with Gasteiger partial charge >= 0.3 is 5.97 Å². The summed E-state index contributed by atoms with van der Waals surface area (Å²) in [5, 5.41) is 28.0. The second kappa shape index (κ2) is 4.46. The molecule has 1 aromatic heterocycles. The lowest BCUT2D eigenvalue weighted by Gasteiger charge is -2.38. The molecule has 0 aliphatic carbocycles. The maximum Gasteiger partial charge on any atom is 0.353 e. The summed E-state index contributed by atoms with van der Waals surface area (Å²) in [6.07, 6.45) is 1.50. The fourth-order valence-corrected chi connectivity index (χ4v) is 3.60. The third kappa shape index (κ3) is 1.60. The van der Waals surface area contributed by atoms with E-state index >= 15 is 0 Å². The Bertz CT molecular complexity index is 664. The molecule has 0 saturated carbocycles. The molecule has 0 spiro atoms. The monoisotopic (exact) mass is 294 g/mol. The van der Waals surface area contributed by atoms with Crippen LogP contribution in [-0.2, 0) is 9.59 Å². The normalized spacial score (nSPS) is 23.8. The molecule has 0 unspecified atom stereocenters. The number of hydrogen-bond acceptors (Lipinski definition) is 6. The number of rotatable bonds is 3. The minimum Gasteiger partial charge on any atom is -0.477 e. The Hall–Kier alpha value is -2.13. The van der Waals surface area contributed by atoms with Crippen LogP contribution in [0, 0.1) is 0 Å².